The smallest absolute Gasteiger partial charge is 0.297 e. The molecule has 34 heavy (non-hydrogen) atoms. The third-order valence-corrected chi connectivity index (χ3v) is 8.20. The zero-order chi connectivity index (χ0) is 23.9. The maximum atomic E-state index is 14.4. The van der Waals surface area contributed by atoms with E-state index >= 15 is 0 Å². The fraction of sp³-hybridized carbons (Fsp3) is 0.500. The first kappa shape index (κ1) is 23.8. The largest absolute Gasteiger partial charge is 0.363 e. The summed E-state index contributed by atoms with van der Waals surface area (Å²) >= 11 is 7.36. The molecule has 1 fully saturated rings. The van der Waals surface area contributed by atoms with E-state index in [1.165, 1.54) is 17.4 Å². The van der Waals surface area contributed by atoms with E-state index in [2.05, 4.69) is 28.2 Å². The van der Waals surface area contributed by atoms with Gasteiger partial charge in [0.1, 0.15) is 12.2 Å². The first-order chi connectivity index (χ1) is 16.3. The molecule has 10 heteroatoms. The summed E-state index contributed by atoms with van der Waals surface area (Å²) in [6.45, 7) is 7.36. The summed E-state index contributed by atoms with van der Waals surface area (Å²) < 4.78 is 36.9. The van der Waals surface area contributed by atoms with Crippen molar-refractivity contribution in [1.29, 1.82) is 0 Å². The number of alkyl halides is 2. The van der Waals surface area contributed by atoms with Gasteiger partial charge in [-0.2, -0.15) is 13.9 Å². The van der Waals surface area contributed by atoms with E-state index in [1.54, 1.807) is 6.20 Å². The maximum Gasteiger partial charge on any atom is 0.297 e. The van der Waals surface area contributed by atoms with Crippen LogP contribution in [0.15, 0.2) is 30.6 Å². The van der Waals surface area contributed by atoms with Crippen molar-refractivity contribution in [3.8, 4) is 5.82 Å². The fourth-order valence-electron chi connectivity index (χ4n) is 4.82. The van der Waals surface area contributed by atoms with Crippen LogP contribution in [0.4, 0.5) is 8.78 Å². The number of hydrogen-bond donors (Lipinski definition) is 1. The van der Waals surface area contributed by atoms with Crippen molar-refractivity contribution in [2.75, 3.05) is 26.2 Å². The molecule has 0 amide bonds. The van der Waals surface area contributed by atoms with E-state index in [1.807, 2.05) is 23.9 Å². The minimum Gasteiger partial charge on any atom is -0.363 e. The SMILES string of the molecule is CCNCc1cccnc1-n1cc(CN2CCC3(CC2)OCC(F)(F)c2cc(Cl)sc23)c(C)n1. The van der Waals surface area contributed by atoms with Gasteiger partial charge in [-0.3, -0.25) is 4.90 Å². The molecule has 0 aliphatic carbocycles. The Morgan fingerprint density at radius 3 is 2.82 bits per heavy atom. The lowest BCUT2D eigenvalue weighted by atomic mass is 9.84. The molecule has 1 spiro atoms. The van der Waals surface area contributed by atoms with Gasteiger partial charge >= 0.3 is 0 Å². The standard InChI is InChI=1S/C24H28ClF2N5OS/c1-3-28-12-17-5-4-8-29-22(17)32-14-18(16(2)30-32)13-31-9-6-23(7-10-31)21-19(11-20(25)34-21)24(26,27)15-33-23/h4-5,8,11,14,28H,3,6-7,9-10,12-13,15H2,1-2H3. The number of ether oxygens (including phenoxy) is 1. The van der Waals surface area contributed by atoms with E-state index in [-0.39, 0.29) is 5.56 Å². The Morgan fingerprint density at radius 2 is 2.06 bits per heavy atom. The Labute approximate surface area is 206 Å². The second kappa shape index (κ2) is 9.28. The molecule has 5 heterocycles. The summed E-state index contributed by atoms with van der Waals surface area (Å²) in [5.41, 5.74) is 2.56. The number of likely N-dealkylation sites (tertiary alicyclic amines) is 1. The predicted octanol–water partition coefficient (Wildman–Crippen LogP) is 5.01. The number of aryl methyl sites for hydroxylation is 1. The summed E-state index contributed by atoms with van der Waals surface area (Å²) in [6.07, 6.45) is 5.15. The summed E-state index contributed by atoms with van der Waals surface area (Å²) in [7, 11) is 0. The molecule has 0 radical (unpaired) electrons. The van der Waals surface area contributed by atoms with E-state index < -0.39 is 18.1 Å². The van der Waals surface area contributed by atoms with Crippen LogP contribution < -0.4 is 5.32 Å². The molecule has 2 aliphatic heterocycles. The van der Waals surface area contributed by atoms with Crippen LogP contribution in [0.1, 0.15) is 47.0 Å². The minimum atomic E-state index is -2.98. The van der Waals surface area contributed by atoms with Gasteiger partial charge in [0.05, 0.1) is 10.0 Å². The van der Waals surface area contributed by atoms with Crippen LogP contribution >= 0.6 is 22.9 Å². The lowest BCUT2D eigenvalue weighted by Crippen LogP contribution is -2.48. The Balaban J connectivity index is 1.30. The molecule has 5 rings (SSSR count). The van der Waals surface area contributed by atoms with E-state index in [0.717, 1.165) is 55.4 Å². The Kier molecular flexibility index (Phi) is 6.50. The number of aromatic nitrogens is 3. The molecule has 0 atom stereocenters. The first-order valence-electron chi connectivity index (χ1n) is 11.6. The second-order valence-electron chi connectivity index (χ2n) is 9.01. The van der Waals surface area contributed by atoms with Gasteiger partial charge in [-0.1, -0.05) is 24.6 Å². The summed E-state index contributed by atoms with van der Waals surface area (Å²) in [5.74, 6) is -2.15. The third-order valence-electron chi connectivity index (χ3n) is 6.75. The molecule has 0 bridgehead atoms. The average Bonchev–Trinajstić information content (AvgIpc) is 3.41. The Bertz CT molecular complexity index is 1170. The number of hydrogen-bond acceptors (Lipinski definition) is 6. The zero-order valence-corrected chi connectivity index (χ0v) is 20.9. The Morgan fingerprint density at radius 1 is 1.26 bits per heavy atom. The summed E-state index contributed by atoms with van der Waals surface area (Å²) in [6, 6.07) is 5.41. The van der Waals surface area contributed by atoms with Crippen LogP contribution in [0.5, 0.6) is 0 Å². The normalized spacial score (nSPS) is 19.4. The third kappa shape index (κ3) is 4.40. The lowest BCUT2D eigenvalue weighted by Gasteiger charge is -2.45. The molecule has 182 valence electrons. The topological polar surface area (TPSA) is 55.2 Å². The molecule has 0 unspecified atom stereocenters. The highest BCUT2D eigenvalue weighted by atomic mass is 35.5. The number of pyridine rings is 1. The van der Waals surface area contributed by atoms with Crippen LogP contribution in [0.2, 0.25) is 4.34 Å². The fourth-order valence-corrected chi connectivity index (χ4v) is 6.30. The van der Waals surface area contributed by atoms with Crippen molar-refractivity contribution in [3.05, 3.63) is 62.2 Å². The number of nitrogens with one attached hydrogen (secondary N) is 1. The van der Waals surface area contributed by atoms with E-state index in [0.29, 0.717) is 22.1 Å². The van der Waals surface area contributed by atoms with Crippen molar-refractivity contribution in [2.45, 2.75) is 51.3 Å². The summed E-state index contributed by atoms with van der Waals surface area (Å²) in [5, 5.41) is 8.07. The highest BCUT2D eigenvalue weighted by Gasteiger charge is 2.51. The van der Waals surface area contributed by atoms with Crippen molar-refractivity contribution in [3.63, 3.8) is 0 Å². The molecular weight excluding hydrogens is 480 g/mol. The van der Waals surface area contributed by atoms with Gasteiger partial charge in [-0.05, 0) is 38.4 Å². The van der Waals surface area contributed by atoms with Crippen LogP contribution in [-0.2, 0) is 29.3 Å². The second-order valence-corrected chi connectivity index (χ2v) is 10.7. The molecule has 3 aromatic rings. The van der Waals surface area contributed by atoms with Crippen LogP contribution in [0, 0.1) is 6.92 Å². The highest BCUT2D eigenvalue weighted by Crippen LogP contribution is 2.52. The van der Waals surface area contributed by atoms with Crippen molar-refractivity contribution in [2.24, 2.45) is 0 Å². The molecule has 0 saturated carbocycles. The molecule has 0 aromatic carbocycles. The number of fused-ring (bicyclic) bond motifs is 2. The van der Waals surface area contributed by atoms with Crippen LogP contribution in [0.3, 0.4) is 0 Å². The van der Waals surface area contributed by atoms with Crippen molar-refractivity contribution >= 4 is 22.9 Å². The number of thiophene rings is 1. The average molecular weight is 508 g/mol. The molecular formula is C24H28ClF2N5OS. The minimum absolute atomic E-state index is 0.0445. The molecule has 1 N–H and O–H groups in total. The highest BCUT2D eigenvalue weighted by molar-refractivity contribution is 7.16. The quantitative estimate of drug-likeness (QED) is 0.508. The summed E-state index contributed by atoms with van der Waals surface area (Å²) in [4.78, 5) is 7.49. The molecule has 1 saturated heterocycles. The number of halogens is 3. The van der Waals surface area contributed by atoms with Gasteiger partial charge in [0, 0.05) is 60.1 Å². The van der Waals surface area contributed by atoms with Gasteiger partial charge in [-0.25, -0.2) is 9.67 Å². The number of rotatable bonds is 6. The first-order valence-corrected chi connectivity index (χ1v) is 12.8. The van der Waals surface area contributed by atoms with Crippen LogP contribution in [0.25, 0.3) is 5.82 Å². The number of piperidine rings is 1. The van der Waals surface area contributed by atoms with E-state index in [4.69, 9.17) is 21.4 Å². The number of nitrogens with zero attached hydrogens (tertiary/aromatic N) is 4. The predicted molar refractivity (Wildman–Crippen MR) is 129 cm³/mol. The van der Waals surface area contributed by atoms with Gasteiger partial charge in [-0.15, -0.1) is 11.3 Å². The molecule has 3 aromatic heterocycles. The zero-order valence-electron chi connectivity index (χ0n) is 19.3. The maximum absolute atomic E-state index is 14.4. The molecule has 2 aliphatic rings. The molecule has 6 nitrogen and oxygen atoms in total. The van der Waals surface area contributed by atoms with Crippen molar-refractivity contribution < 1.29 is 13.5 Å². The van der Waals surface area contributed by atoms with Gasteiger partial charge in [0.2, 0.25) is 0 Å². The monoisotopic (exact) mass is 507 g/mol. The van der Waals surface area contributed by atoms with Crippen molar-refractivity contribution in [1.82, 2.24) is 25.0 Å². The van der Waals surface area contributed by atoms with Gasteiger partial charge in [0.25, 0.3) is 5.92 Å². The van der Waals surface area contributed by atoms with Gasteiger partial charge in [0.15, 0.2) is 5.82 Å². The van der Waals surface area contributed by atoms with Gasteiger partial charge < -0.3 is 10.1 Å². The Hall–Kier alpha value is -1.91. The van der Waals surface area contributed by atoms with Crippen LogP contribution in [-0.4, -0.2) is 45.9 Å². The van der Waals surface area contributed by atoms with E-state index in [9.17, 15) is 8.78 Å². The lowest BCUT2D eigenvalue weighted by molar-refractivity contribution is -0.182.